The Morgan fingerprint density at radius 3 is 2.38 bits per heavy atom. The lowest BCUT2D eigenvalue weighted by Gasteiger charge is -2.38. The zero-order valence-electron chi connectivity index (χ0n) is 15.1. The zero-order valence-corrected chi connectivity index (χ0v) is 16.7. The molecule has 0 bridgehead atoms. The maximum atomic E-state index is 14.8. The van der Waals surface area contributed by atoms with E-state index in [2.05, 4.69) is 0 Å². The molecule has 2 aromatic carbocycles. The lowest BCUT2D eigenvalue weighted by Crippen LogP contribution is -2.42. The molecule has 1 fully saturated rings. The molecule has 5 nitrogen and oxygen atoms in total. The number of halogens is 3. The van der Waals surface area contributed by atoms with Crippen LogP contribution in [0.1, 0.15) is 23.7 Å². The van der Waals surface area contributed by atoms with Crippen molar-refractivity contribution in [1.82, 2.24) is 0 Å². The van der Waals surface area contributed by atoms with Crippen LogP contribution in [0.4, 0.5) is 8.78 Å². The lowest BCUT2D eigenvalue weighted by atomic mass is 9.81. The summed E-state index contributed by atoms with van der Waals surface area (Å²) in [6, 6.07) is 7.17. The molecular weight excluding hydrogens is 426 g/mol. The van der Waals surface area contributed by atoms with Gasteiger partial charge in [0, 0.05) is 10.9 Å². The predicted octanol–water partition coefficient (Wildman–Crippen LogP) is 4.10. The van der Waals surface area contributed by atoms with E-state index in [-0.39, 0.29) is 18.1 Å². The minimum Gasteiger partial charge on any atom is -0.490 e. The Bertz CT molecular complexity index is 1060. The van der Waals surface area contributed by atoms with Gasteiger partial charge < -0.3 is 9.47 Å². The Morgan fingerprint density at radius 1 is 1.00 bits per heavy atom. The molecule has 154 valence electrons. The molecule has 0 amide bonds. The van der Waals surface area contributed by atoms with Crippen LogP contribution in [0.25, 0.3) is 0 Å². The van der Waals surface area contributed by atoms with Crippen molar-refractivity contribution in [3.05, 3.63) is 58.6 Å². The van der Waals surface area contributed by atoms with Crippen LogP contribution in [-0.2, 0) is 19.4 Å². The van der Waals surface area contributed by atoms with Crippen LogP contribution in [0.3, 0.4) is 0 Å². The summed E-state index contributed by atoms with van der Waals surface area (Å²) in [4.78, 5) is 12.3. The number of esters is 1. The van der Waals surface area contributed by atoms with Crippen LogP contribution < -0.4 is 4.74 Å². The minimum atomic E-state index is -4.21. The first-order valence-electron chi connectivity index (χ1n) is 9.07. The van der Waals surface area contributed by atoms with Crippen molar-refractivity contribution < 1.29 is 31.5 Å². The molecule has 9 heteroatoms. The lowest BCUT2D eigenvalue weighted by molar-refractivity contribution is -0.156. The second-order valence-corrected chi connectivity index (χ2v) is 9.59. The summed E-state index contributed by atoms with van der Waals surface area (Å²) in [5.74, 6) is -4.48. The largest absolute Gasteiger partial charge is 0.490 e. The summed E-state index contributed by atoms with van der Waals surface area (Å²) in [7, 11) is -4.21. The standard InChI is InChI=1S/C20H17ClF2O5S/c21-11-3-5-12(6-4-11)29(25,26)19-14(13-2-1-9-27-20(13)24)10-28-18-16(23)8-7-15(22)17(18)19/h3-8,13-14,19H,1-2,9-10H2. The SMILES string of the molecule is O=C1OCCCC1C1COc2c(F)ccc(F)c2C1S(=O)(=O)c1ccc(Cl)cc1. The number of benzene rings is 2. The number of hydrogen-bond acceptors (Lipinski definition) is 5. The third kappa shape index (κ3) is 3.48. The van der Waals surface area contributed by atoms with E-state index < -0.39 is 55.8 Å². The van der Waals surface area contributed by atoms with Gasteiger partial charge in [-0.05, 0) is 49.2 Å². The maximum Gasteiger partial charge on any atom is 0.309 e. The second-order valence-electron chi connectivity index (χ2n) is 7.08. The molecule has 2 aliphatic rings. The van der Waals surface area contributed by atoms with Gasteiger partial charge in [0.1, 0.15) is 11.1 Å². The van der Waals surface area contributed by atoms with Crippen molar-refractivity contribution in [2.24, 2.45) is 11.8 Å². The molecule has 2 heterocycles. The Morgan fingerprint density at radius 2 is 1.69 bits per heavy atom. The van der Waals surface area contributed by atoms with E-state index in [0.717, 1.165) is 12.1 Å². The third-order valence-electron chi connectivity index (χ3n) is 5.39. The van der Waals surface area contributed by atoms with Crippen molar-refractivity contribution in [3.8, 4) is 5.75 Å². The number of hydrogen-bond donors (Lipinski definition) is 0. The molecule has 2 aliphatic heterocycles. The fourth-order valence-electron chi connectivity index (χ4n) is 4.01. The summed E-state index contributed by atoms with van der Waals surface area (Å²) in [6.45, 7) is 0.00170. The van der Waals surface area contributed by atoms with Gasteiger partial charge in [0.2, 0.25) is 0 Å². The van der Waals surface area contributed by atoms with Gasteiger partial charge in [-0.25, -0.2) is 17.2 Å². The van der Waals surface area contributed by atoms with Gasteiger partial charge in [0.05, 0.1) is 29.6 Å². The topological polar surface area (TPSA) is 69.7 Å². The first kappa shape index (κ1) is 20.1. The Labute approximate surface area is 171 Å². The van der Waals surface area contributed by atoms with E-state index in [1.165, 1.54) is 24.3 Å². The number of cyclic esters (lactones) is 1. The fourth-order valence-corrected chi connectivity index (χ4v) is 6.21. The van der Waals surface area contributed by atoms with E-state index in [0.29, 0.717) is 17.9 Å². The summed E-state index contributed by atoms with van der Waals surface area (Å²) in [5.41, 5.74) is -0.394. The summed E-state index contributed by atoms with van der Waals surface area (Å²) in [5, 5.41) is -1.17. The molecule has 2 aromatic rings. The Kier molecular flexibility index (Phi) is 5.25. The van der Waals surface area contributed by atoms with Gasteiger partial charge in [-0.15, -0.1) is 0 Å². The summed E-state index contributed by atoms with van der Waals surface area (Å²) in [6.07, 6.45) is 0.935. The molecule has 0 N–H and O–H groups in total. The van der Waals surface area contributed by atoms with E-state index >= 15 is 0 Å². The van der Waals surface area contributed by atoms with Gasteiger partial charge in [0.15, 0.2) is 21.4 Å². The molecule has 0 aliphatic carbocycles. The van der Waals surface area contributed by atoms with E-state index in [4.69, 9.17) is 21.1 Å². The Balaban J connectivity index is 1.90. The zero-order chi connectivity index (χ0) is 20.8. The van der Waals surface area contributed by atoms with Crippen LogP contribution in [-0.4, -0.2) is 27.6 Å². The van der Waals surface area contributed by atoms with Crippen LogP contribution in [0.5, 0.6) is 5.75 Å². The highest BCUT2D eigenvalue weighted by Crippen LogP contribution is 2.49. The van der Waals surface area contributed by atoms with Crippen molar-refractivity contribution >= 4 is 27.4 Å². The van der Waals surface area contributed by atoms with Gasteiger partial charge in [-0.2, -0.15) is 0 Å². The molecule has 0 saturated carbocycles. The highest BCUT2D eigenvalue weighted by atomic mass is 35.5. The average Bonchev–Trinajstić information content (AvgIpc) is 2.71. The summed E-state index contributed by atoms with van der Waals surface area (Å²) < 4.78 is 66.7. The Hall–Kier alpha value is -2.19. The van der Waals surface area contributed by atoms with Crippen LogP contribution >= 0.6 is 11.6 Å². The second kappa shape index (κ2) is 7.57. The minimum absolute atomic E-state index is 0.0995. The van der Waals surface area contributed by atoms with Gasteiger partial charge in [-0.3, -0.25) is 4.79 Å². The first-order chi connectivity index (χ1) is 13.8. The molecule has 3 unspecified atom stereocenters. The van der Waals surface area contributed by atoms with Crippen molar-refractivity contribution in [2.75, 3.05) is 13.2 Å². The number of fused-ring (bicyclic) bond motifs is 1. The van der Waals surface area contributed by atoms with Crippen LogP contribution in [0, 0.1) is 23.5 Å². The van der Waals surface area contributed by atoms with Crippen molar-refractivity contribution in [3.63, 3.8) is 0 Å². The van der Waals surface area contributed by atoms with Crippen LogP contribution in [0.15, 0.2) is 41.3 Å². The van der Waals surface area contributed by atoms with Gasteiger partial charge >= 0.3 is 5.97 Å². The van der Waals surface area contributed by atoms with Crippen LogP contribution in [0.2, 0.25) is 5.02 Å². The molecule has 1 saturated heterocycles. The number of carbonyl (C=O) groups excluding carboxylic acids is 1. The van der Waals surface area contributed by atoms with Gasteiger partial charge in [-0.1, -0.05) is 11.6 Å². The number of ether oxygens (including phenoxy) is 2. The monoisotopic (exact) mass is 442 g/mol. The van der Waals surface area contributed by atoms with Crippen molar-refractivity contribution in [2.45, 2.75) is 23.0 Å². The predicted molar refractivity (Wildman–Crippen MR) is 100 cm³/mol. The van der Waals surface area contributed by atoms with E-state index in [1.807, 2.05) is 0 Å². The maximum absolute atomic E-state index is 14.8. The normalized spacial score (nSPS) is 24.4. The molecule has 4 rings (SSSR count). The van der Waals surface area contributed by atoms with Crippen molar-refractivity contribution in [1.29, 1.82) is 0 Å². The molecule has 0 radical (unpaired) electrons. The fraction of sp³-hybridized carbons (Fsp3) is 0.350. The highest BCUT2D eigenvalue weighted by molar-refractivity contribution is 7.91. The van der Waals surface area contributed by atoms with Gasteiger partial charge in [0.25, 0.3) is 0 Å². The number of carbonyl (C=O) groups is 1. The van der Waals surface area contributed by atoms with E-state index in [9.17, 15) is 22.0 Å². The average molecular weight is 443 g/mol. The first-order valence-corrected chi connectivity index (χ1v) is 11.0. The molecule has 29 heavy (non-hydrogen) atoms. The molecule has 3 atom stereocenters. The quantitative estimate of drug-likeness (QED) is 0.669. The third-order valence-corrected chi connectivity index (χ3v) is 7.82. The molecule has 0 aromatic heterocycles. The van der Waals surface area contributed by atoms with E-state index in [1.54, 1.807) is 0 Å². The smallest absolute Gasteiger partial charge is 0.309 e. The summed E-state index contributed by atoms with van der Waals surface area (Å²) >= 11 is 5.86. The molecule has 0 spiro atoms. The molecular formula is C20H17ClF2O5S. The number of rotatable bonds is 3. The highest BCUT2D eigenvalue weighted by Gasteiger charge is 2.49. The number of sulfone groups is 1.